The van der Waals surface area contributed by atoms with Crippen molar-refractivity contribution < 1.29 is 4.79 Å². The van der Waals surface area contributed by atoms with Gasteiger partial charge < -0.3 is 5.32 Å². The van der Waals surface area contributed by atoms with E-state index in [2.05, 4.69) is 26.3 Å². The SMILES string of the molecule is Cc1ccc2c(cnn2C(=O)Nc2ccc(Br)c(C)c2)c1. The monoisotopic (exact) mass is 343 g/mol. The molecule has 0 aliphatic carbocycles. The zero-order valence-corrected chi connectivity index (χ0v) is 13.3. The van der Waals surface area contributed by atoms with E-state index in [9.17, 15) is 4.79 Å². The van der Waals surface area contributed by atoms with Crippen molar-refractivity contribution >= 4 is 38.6 Å². The highest BCUT2D eigenvalue weighted by molar-refractivity contribution is 9.10. The van der Waals surface area contributed by atoms with E-state index in [4.69, 9.17) is 0 Å². The summed E-state index contributed by atoms with van der Waals surface area (Å²) in [5.41, 5.74) is 3.75. The Hall–Kier alpha value is -2.14. The van der Waals surface area contributed by atoms with Crippen LogP contribution >= 0.6 is 15.9 Å². The number of carbonyl (C=O) groups excluding carboxylic acids is 1. The van der Waals surface area contributed by atoms with Gasteiger partial charge in [0.2, 0.25) is 0 Å². The van der Waals surface area contributed by atoms with Gasteiger partial charge in [0.1, 0.15) is 0 Å². The lowest BCUT2D eigenvalue weighted by molar-refractivity contribution is 0.252. The second-order valence-electron chi connectivity index (χ2n) is 5.01. The molecule has 106 valence electrons. The number of halogens is 1. The van der Waals surface area contributed by atoms with E-state index in [1.54, 1.807) is 6.20 Å². The van der Waals surface area contributed by atoms with Crippen LogP contribution in [0.2, 0.25) is 0 Å². The number of hydrogen-bond acceptors (Lipinski definition) is 2. The molecule has 1 N–H and O–H groups in total. The Morgan fingerprint density at radius 2 is 2.00 bits per heavy atom. The van der Waals surface area contributed by atoms with Crippen molar-refractivity contribution in [1.29, 1.82) is 0 Å². The second-order valence-corrected chi connectivity index (χ2v) is 5.87. The van der Waals surface area contributed by atoms with E-state index in [0.29, 0.717) is 0 Å². The van der Waals surface area contributed by atoms with E-state index < -0.39 is 0 Å². The molecule has 1 aromatic heterocycles. The smallest absolute Gasteiger partial charge is 0.306 e. The van der Waals surface area contributed by atoms with Gasteiger partial charge in [-0.3, -0.25) is 0 Å². The van der Waals surface area contributed by atoms with E-state index >= 15 is 0 Å². The predicted octanol–water partition coefficient (Wildman–Crippen LogP) is 4.50. The molecule has 0 bridgehead atoms. The molecule has 0 radical (unpaired) electrons. The van der Waals surface area contributed by atoms with Crippen molar-refractivity contribution in [2.24, 2.45) is 0 Å². The van der Waals surface area contributed by atoms with Crippen molar-refractivity contribution in [3.05, 3.63) is 58.2 Å². The number of rotatable bonds is 1. The van der Waals surface area contributed by atoms with Gasteiger partial charge in [-0.1, -0.05) is 27.6 Å². The minimum atomic E-state index is -0.268. The van der Waals surface area contributed by atoms with Crippen LogP contribution in [0.5, 0.6) is 0 Å². The number of amides is 1. The van der Waals surface area contributed by atoms with Gasteiger partial charge in [-0.15, -0.1) is 0 Å². The van der Waals surface area contributed by atoms with Crippen molar-refractivity contribution in [3.63, 3.8) is 0 Å². The average molecular weight is 344 g/mol. The highest BCUT2D eigenvalue weighted by atomic mass is 79.9. The largest absolute Gasteiger partial charge is 0.347 e. The summed E-state index contributed by atoms with van der Waals surface area (Å²) < 4.78 is 2.40. The molecule has 0 aliphatic heterocycles. The van der Waals surface area contributed by atoms with Gasteiger partial charge in [0.15, 0.2) is 0 Å². The summed E-state index contributed by atoms with van der Waals surface area (Å²) in [5.74, 6) is 0. The van der Waals surface area contributed by atoms with E-state index in [1.165, 1.54) is 4.68 Å². The van der Waals surface area contributed by atoms with Gasteiger partial charge in [0.05, 0.1) is 11.7 Å². The van der Waals surface area contributed by atoms with Crippen LogP contribution in [0, 0.1) is 13.8 Å². The first-order valence-electron chi connectivity index (χ1n) is 6.56. The van der Waals surface area contributed by atoms with Gasteiger partial charge in [-0.2, -0.15) is 9.78 Å². The quantitative estimate of drug-likeness (QED) is 0.707. The summed E-state index contributed by atoms with van der Waals surface area (Å²) in [6.07, 6.45) is 1.70. The third-order valence-electron chi connectivity index (χ3n) is 3.33. The van der Waals surface area contributed by atoms with Crippen molar-refractivity contribution in [1.82, 2.24) is 9.78 Å². The molecule has 0 unspecified atom stereocenters. The van der Waals surface area contributed by atoms with Crippen LogP contribution in [-0.2, 0) is 0 Å². The first-order chi connectivity index (χ1) is 10.0. The number of aromatic nitrogens is 2. The third kappa shape index (κ3) is 2.69. The molecule has 2 aromatic carbocycles. The molecular weight excluding hydrogens is 330 g/mol. The van der Waals surface area contributed by atoms with Gasteiger partial charge in [0, 0.05) is 15.5 Å². The van der Waals surface area contributed by atoms with Crippen LogP contribution in [-0.4, -0.2) is 15.8 Å². The first kappa shape index (κ1) is 13.8. The first-order valence-corrected chi connectivity index (χ1v) is 7.36. The lowest BCUT2D eigenvalue weighted by atomic mass is 10.2. The maximum Gasteiger partial charge on any atom is 0.347 e. The number of nitrogens with one attached hydrogen (secondary N) is 1. The molecular formula is C16H14BrN3O. The number of hydrogen-bond donors (Lipinski definition) is 1. The summed E-state index contributed by atoms with van der Waals surface area (Å²) in [7, 11) is 0. The molecule has 0 spiro atoms. The van der Waals surface area contributed by atoms with E-state index in [0.717, 1.165) is 32.2 Å². The maximum absolute atomic E-state index is 12.3. The molecule has 3 rings (SSSR count). The summed E-state index contributed by atoms with van der Waals surface area (Å²) in [5, 5.41) is 7.98. The van der Waals surface area contributed by atoms with Crippen LogP contribution in [0.3, 0.4) is 0 Å². The van der Waals surface area contributed by atoms with Gasteiger partial charge in [-0.05, 0) is 49.7 Å². The summed E-state index contributed by atoms with van der Waals surface area (Å²) in [4.78, 5) is 12.3. The molecule has 1 amide bonds. The molecule has 1 heterocycles. The fraction of sp³-hybridized carbons (Fsp3) is 0.125. The van der Waals surface area contributed by atoms with Crippen LogP contribution in [0.25, 0.3) is 10.9 Å². The minimum absolute atomic E-state index is 0.268. The molecule has 0 aliphatic rings. The summed E-state index contributed by atoms with van der Waals surface area (Å²) in [6, 6.07) is 11.3. The Labute approximate surface area is 130 Å². The fourth-order valence-electron chi connectivity index (χ4n) is 2.21. The van der Waals surface area contributed by atoms with Crippen LogP contribution in [0.15, 0.2) is 47.1 Å². The Kier molecular flexibility index (Phi) is 3.51. The maximum atomic E-state index is 12.3. The number of anilines is 1. The number of nitrogens with zero attached hydrogens (tertiary/aromatic N) is 2. The zero-order chi connectivity index (χ0) is 15.0. The Morgan fingerprint density at radius 1 is 1.19 bits per heavy atom. The predicted molar refractivity (Wildman–Crippen MR) is 87.8 cm³/mol. The lowest BCUT2D eigenvalue weighted by Crippen LogP contribution is -2.20. The number of aryl methyl sites for hydroxylation is 2. The van der Waals surface area contributed by atoms with Crippen LogP contribution in [0.1, 0.15) is 11.1 Å². The zero-order valence-electron chi connectivity index (χ0n) is 11.7. The molecule has 5 heteroatoms. The van der Waals surface area contributed by atoms with Crippen molar-refractivity contribution in [2.75, 3.05) is 5.32 Å². The lowest BCUT2D eigenvalue weighted by Gasteiger charge is -2.07. The van der Waals surface area contributed by atoms with Crippen LogP contribution < -0.4 is 5.32 Å². The standard InChI is InChI=1S/C16H14BrN3O/c1-10-3-6-15-12(7-10)9-18-20(15)16(21)19-13-4-5-14(17)11(2)8-13/h3-9H,1-2H3,(H,19,21). The summed E-state index contributed by atoms with van der Waals surface area (Å²) >= 11 is 3.44. The third-order valence-corrected chi connectivity index (χ3v) is 4.21. The van der Waals surface area contributed by atoms with E-state index in [1.807, 2.05) is 50.2 Å². The molecule has 0 saturated heterocycles. The Balaban J connectivity index is 1.91. The highest BCUT2D eigenvalue weighted by Gasteiger charge is 2.11. The minimum Gasteiger partial charge on any atom is -0.306 e. The second kappa shape index (κ2) is 5.33. The topological polar surface area (TPSA) is 46.9 Å². The average Bonchev–Trinajstić information content (AvgIpc) is 2.85. The number of carbonyl (C=O) groups is 1. The van der Waals surface area contributed by atoms with Crippen LogP contribution in [0.4, 0.5) is 10.5 Å². The molecule has 0 fully saturated rings. The molecule has 4 nitrogen and oxygen atoms in total. The van der Waals surface area contributed by atoms with Crippen molar-refractivity contribution in [2.45, 2.75) is 13.8 Å². The summed E-state index contributed by atoms with van der Waals surface area (Å²) in [6.45, 7) is 3.99. The van der Waals surface area contributed by atoms with Gasteiger partial charge in [0.25, 0.3) is 0 Å². The Morgan fingerprint density at radius 3 is 2.76 bits per heavy atom. The molecule has 0 saturated carbocycles. The van der Waals surface area contributed by atoms with E-state index in [-0.39, 0.29) is 6.03 Å². The molecule has 3 aromatic rings. The van der Waals surface area contributed by atoms with Crippen molar-refractivity contribution in [3.8, 4) is 0 Å². The number of benzene rings is 2. The normalized spacial score (nSPS) is 10.8. The van der Waals surface area contributed by atoms with Gasteiger partial charge >= 0.3 is 6.03 Å². The molecule has 21 heavy (non-hydrogen) atoms. The molecule has 0 atom stereocenters. The fourth-order valence-corrected chi connectivity index (χ4v) is 2.46. The Bertz CT molecular complexity index is 839. The highest BCUT2D eigenvalue weighted by Crippen LogP contribution is 2.21. The van der Waals surface area contributed by atoms with Gasteiger partial charge in [-0.25, -0.2) is 4.79 Å². The number of fused-ring (bicyclic) bond motifs is 1.